The third-order valence-electron chi connectivity index (χ3n) is 4.59. The molecule has 0 unspecified atom stereocenters. The average Bonchev–Trinajstić information content (AvgIpc) is 3.29. The molecule has 4 atom stereocenters. The molecule has 3 aromatic rings. The first kappa shape index (κ1) is 20.0. The van der Waals surface area contributed by atoms with Gasteiger partial charge < -0.3 is 24.8 Å². The first-order valence-corrected chi connectivity index (χ1v) is 9.05. The van der Waals surface area contributed by atoms with Gasteiger partial charge in [0.15, 0.2) is 24.0 Å². The van der Waals surface area contributed by atoms with Crippen molar-refractivity contribution in [3.8, 4) is 5.75 Å². The van der Waals surface area contributed by atoms with Crippen LogP contribution in [0.4, 0.5) is 5.95 Å². The summed E-state index contributed by atoms with van der Waals surface area (Å²) in [7, 11) is 0. The number of nitrogens with zero attached hydrogens (tertiary/aromatic N) is 3. The molecule has 0 bridgehead atoms. The molecule has 1 amide bonds. The number of fused-ring (bicyclic) bond motifs is 1. The van der Waals surface area contributed by atoms with Crippen LogP contribution in [0.2, 0.25) is 0 Å². The van der Waals surface area contributed by atoms with Gasteiger partial charge in [0, 0.05) is 0 Å². The molecule has 12 nitrogen and oxygen atoms in total. The lowest BCUT2D eigenvalue weighted by molar-refractivity contribution is -0.118. The third-order valence-corrected chi connectivity index (χ3v) is 4.59. The average molecular weight is 417 g/mol. The topological polar surface area (TPSA) is 172 Å². The van der Waals surface area contributed by atoms with Crippen molar-refractivity contribution in [1.82, 2.24) is 19.5 Å². The van der Waals surface area contributed by atoms with Crippen LogP contribution in [0.1, 0.15) is 6.23 Å². The Labute approximate surface area is 168 Å². The highest BCUT2D eigenvalue weighted by Gasteiger charge is 2.44. The van der Waals surface area contributed by atoms with Gasteiger partial charge in [-0.2, -0.15) is 4.98 Å². The summed E-state index contributed by atoms with van der Waals surface area (Å²) < 4.78 is 12.0. The van der Waals surface area contributed by atoms with Crippen molar-refractivity contribution in [2.45, 2.75) is 24.5 Å². The number of imidazole rings is 1. The SMILES string of the molecule is O=C(COc1ccccc1)Nc1nc2c(ncn2[C@@H]2O[C@H](CO)[C@@H](O)[C@H]2O)c(=O)[nH]1. The Morgan fingerprint density at radius 2 is 2.03 bits per heavy atom. The number of H-pyrrole nitrogens is 1. The highest BCUT2D eigenvalue weighted by atomic mass is 16.6. The number of aromatic nitrogens is 4. The van der Waals surface area contributed by atoms with Gasteiger partial charge in [-0.25, -0.2) is 4.98 Å². The molecule has 4 rings (SSSR count). The number of benzene rings is 1. The predicted octanol–water partition coefficient (Wildman–Crippen LogP) is -1.25. The lowest BCUT2D eigenvalue weighted by Gasteiger charge is -2.16. The zero-order chi connectivity index (χ0) is 21.3. The minimum atomic E-state index is -1.38. The molecule has 1 aliphatic heterocycles. The van der Waals surface area contributed by atoms with E-state index < -0.39 is 42.6 Å². The summed E-state index contributed by atoms with van der Waals surface area (Å²) >= 11 is 0. The van der Waals surface area contributed by atoms with Crippen molar-refractivity contribution < 1.29 is 29.6 Å². The van der Waals surface area contributed by atoms with E-state index in [9.17, 15) is 24.9 Å². The van der Waals surface area contributed by atoms with Gasteiger partial charge in [-0.1, -0.05) is 18.2 Å². The zero-order valence-corrected chi connectivity index (χ0v) is 15.5. The molecule has 30 heavy (non-hydrogen) atoms. The van der Waals surface area contributed by atoms with Crippen LogP contribution in [0.3, 0.4) is 0 Å². The van der Waals surface area contributed by atoms with Gasteiger partial charge >= 0.3 is 0 Å². The molecule has 0 saturated carbocycles. The number of aliphatic hydroxyl groups excluding tert-OH is 3. The summed E-state index contributed by atoms with van der Waals surface area (Å²) in [5.74, 6) is -0.199. The molecule has 5 N–H and O–H groups in total. The smallest absolute Gasteiger partial charge is 0.280 e. The van der Waals surface area contributed by atoms with Crippen LogP contribution < -0.4 is 15.6 Å². The number of carbonyl (C=O) groups excluding carboxylic acids is 1. The number of aromatic amines is 1. The van der Waals surface area contributed by atoms with Gasteiger partial charge in [-0.3, -0.25) is 24.5 Å². The van der Waals surface area contributed by atoms with Crippen LogP contribution in [0, 0.1) is 0 Å². The van der Waals surface area contributed by atoms with E-state index in [0.29, 0.717) is 5.75 Å². The molecular weight excluding hydrogens is 398 g/mol. The van der Waals surface area contributed by atoms with Crippen LogP contribution in [0.5, 0.6) is 5.75 Å². The van der Waals surface area contributed by atoms with E-state index in [1.165, 1.54) is 10.9 Å². The second-order valence-corrected chi connectivity index (χ2v) is 6.62. The third kappa shape index (κ3) is 3.76. The molecule has 1 aromatic carbocycles. The second-order valence-electron chi connectivity index (χ2n) is 6.62. The number of anilines is 1. The van der Waals surface area contributed by atoms with Gasteiger partial charge in [0.1, 0.15) is 24.1 Å². The van der Waals surface area contributed by atoms with Crippen molar-refractivity contribution in [2.75, 3.05) is 18.5 Å². The van der Waals surface area contributed by atoms with Crippen molar-refractivity contribution in [2.24, 2.45) is 0 Å². The summed E-state index contributed by atoms with van der Waals surface area (Å²) in [6.45, 7) is -0.808. The molecule has 12 heteroatoms. The molecule has 2 aromatic heterocycles. The standard InChI is InChI=1S/C18H19N5O7/c24-6-10-13(26)14(27)17(30-10)23-8-19-12-15(23)21-18(22-16(12)28)20-11(25)7-29-9-4-2-1-3-5-9/h1-5,8,10,13-14,17,24,26-27H,6-7H2,(H2,20,21,22,25,28)/t10-,13-,14-,17-/m1/s1. The van der Waals surface area contributed by atoms with Gasteiger partial charge in [-0.15, -0.1) is 0 Å². The predicted molar refractivity (Wildman–Crippen MR) is 102 cm³/mol. The van der Waals surface area contributed by atoms with Gasteiger partial charge in [0.2, 0.25) is 5.95 Å². The summed E-state index contributed by atoms with van der Waals surface area (Å²) in [6, 6.07) is 8.73. The molecular formula is C18H19N5O7. The van der Waals surface area contributed by atoms with Crippen molar-refractivity contribution in [3.63, 3.8) is 0 Å². The summed E-state index contributed by atoms with van der Waals surface area (Å²) in [6.07, 6.45) is -3.61. The van der Waals surface area contributed by atoms with Gasteiger partial charge in [0.05, 0.1) is 12.9 Å². The Kier molecular flexibility index (Phi) is 5.46. The number of nitrogens with one attached hydrogen (secondary N) is 2. The van der Waals surface area contributed by atoms with E-state index in [-0.39, 0.29) is 23.7 Å². The first-order valence-electron chi connectivity index (χ1n) is 9.05. The van der Waals surface area contributed by atoms with E-state index in [4.69, 9.17) is 9.47 Å². The second kappa shape index (κ2) is 8.20. The van der Waals surface area contributed by atoms with Crippen LogP contribution in [-0.4, -0.2) is 72.3 Å². The fourth-order valence-corrected chi connectivity index (χ4v) is 3.12. The van der Waals surface area contributed by atoms with E-state index in [1.54, 1.807) is 24.3 Å². The van der Waals surface area contributed by atoms with Gasteiger partial charge in [0.25, 0.3) is 11.5 Å². The fourth-order valence-electron chi connectivity index (χ4n) is 3.12. The van der Waals surface area contributed by atoms with Crippen LogP contribution in [0.15, 0.2) is 41.5 Å². The lowest BCUT2D eigenvalue weighted by atomic mass is 10.1. The first-order chi connectivity index (χ1) is 14.5. The highest BCUT2D eigenvalue weighted by Crippen LogP contribution is 2.30. The normalized spacial score (nSPS) is 23.6. The molecule has 158 valence electrons. The van der Waals surface area contributed by atoms with Crippen LogP contribution >= 0.6 is 0 Å². The van der Waals surface area contributed by atoms with Crippen molar-refractivity contribution >= 4 is 23.0 Å². The number of carbonyl (C=O) groups is 1. The number of para-hydroxylation sites is 1. The summed E-state index contributed by atoms with van der Waals surface area (Å²) in [5.41, 5.74) is -0.649. The number of rotatable bonds is 6. The molecule has 0 aliphatic carbocycles. The maximum atomic E-state index is 12.3. The zero-order valence-electron chi connectivity index (χ0n) is 15.5. The number of hydrogen-bond donors (Lipinski definition) is 5. The van der Waals surface area contributed by atoms with Crippen LogP contribution in [0.25, 0.3) is 11.2 Å². The highest BCUT2D eigenvalue weighted by molar-refractivity contribution is 5.90. The Morgan fingerprint density at radius 1 is 1.27 bits per heavy atom. The maximum Gasteiger partial charge on any atom is 0.280 e. The van der Waals surface area contributed by atoms with Crippen LogP contribution in [-0.2, 0) is 9.53 Å². The van der Waals surface area contributed by atoms with E-state index >= 15 is 0 Å². The quantitative estimate of drug-likeness (QED) is 0.328. The van der Waals surface area contributed by atoms with Crippen molar-refractivity contribution in [1.29, 1.82) is 0 Å². The molecule has 1 saturated heterocycles. The minimum absolute atomic E-state index is 0.0212. The minimum Gasteiger partial charge on any atom is -0.484 e. The number of hydrogen-bond acceptors (Lipinski definition) is 9. The number of aliphatic hydroxyl groups is 3. The Bertz CT molecular complexity index is 1100. The molecule has 1 aliphatic rings. The van der Waals surface area contributed by atoms with E-state index in [2.05, 4.69) is 20.3 Å². The number of amides is 1. The maximum absolute atomic E-state index is 12.3. The van der Waals surface area contributed by atoms with E-state index in [1.807, 2.05) is 6.07 Å². The Hall–Kier alpha value is -3.32. The lowest BCUT2D eigenvalue weighted by Crippen LogP contribution is -2.33. The van der Waals surface area contributed by atoms with Crippen molar-refractivity contribution in [3.05, 3.63) is 47.0 Å². The Balaban J connectivity index is 1.55. The summed E-state index contributed by atoms with van der Waals surface area (Å²) in [5, 5.41) is 31.9. The summed E-state index contributed by atoms with van der Waals surface area (Å²) in [4.78, 5) is 35.0. The molecule has 3 heterocycles. The molecule has 0 radical (unpaired) electrons. The largest absolute Gasteiger partial charge is 0.484 e. The van der Waals surface area contributed by atoms with E-state index in [0.717, 1.165) is 0 Å². The van der Waals surface area contributed by atoms with Gasteiger partial charge in [-0.05, 0) is 12.1 Å². The molecule has 0 spiro atoms. The molecule has 1 fully saturated rings. The fraction of sp³-hybridized carbons (Fsp3) is 0.333. The Morgan fingerprint density at radius 3 is 2.73 bits per heavy atom. The monoisotopic (exact) mass is 417 g/mol. The number of ether oxygens (including phenoxy) is 2.